The van der Waals surface area contributed by atoms with Gasteiger partial charge in [-0.15, -0.1) is 0 Å². The van der Waals surface area contributed by atoms with E-state index in [2.05, 4.69) is 179 Å². The molecule has 7 rings (SSSR count). The van der Waals surface area contributed by atoms with Crippen LogP contribution in [0.15, 0.2) is 191 Å². The summed E-state index contributed by atoms with van der Waals surface area (Å²) in [6.07, 6.45) is 34.1. The number of hydrogen-bond donors (Lipinski definition) is 0. The van der Waals surface area contributed by atoms with Crippen LogP contribution in [0.3, 0.4) is 0 Å². The lowest BCUT2D eigenvalue weighted by molar-refractivity contribution is 0.571. The molecule has 4 aromatic rings. The first-order valence-corrected chi connectivity index (χ1v) is 20.2. The molecule has 1 aliphatic heterocycles. The van der Waals surface area contributed by atoms with Crippen molar-refractivity contribution in [2.24, 2.45) is 4.99 Å². The fourth-order valence-corrected chi connectivity index (χ4v) is 8.33. The molecule has 1 unspecified atom stereocenters. The van der Waals surface area contributed by atoms with Gasteiger partial charge in [0.2, 0.25) is 0 Å². The molecule has 0 spiro atoms. The van der Waals surface area contributed by atoms with Crippen molar-refractivity contribution in [3.63, 3.8) is 0 Å². The van der Waals surface area contributed by atoms with Gasteiger partial charge in [-0.3, -0.25) is 9.98 Å². The van der Waals surface area contributed by atoms with Crippen molar-refractivity contribution < 1.29 is 0 Å². The molecular formula is C53H54N2. The molecule has 0 saturated heterocycles. The van der Waals surface area contributed by atoms with Crippen LogP contribution >= 0.6 is 0 Å². The van der Waals surface area contributed by atoms with Crippen LogP contribution in [0.4, 0.5) is 0 Å². The lowest BCUT2D eigenvalue weighted by Crippen LogP contribution is -2.36. The molecule has 2 heteroatoms. The summed E-state index contributed by atoms with van der Waals surface area (Å²) in [5.41, 5.74) is 15.7. The highest BCUT2D eigenvalue weighted by molar-refractivity contribution is 6.06. The molecule has 3 aromatic carbocycles. The number of allylic oxidation sites excluding steroid dienone is 14. The summed E-state index contributed by atoms with van der Waals surface area (Å²) >= 11 is 0. The summed E-state index contributed by atoms with van der Waals surface area (Å²) in [5, 5.41) is 0. The summed E-state index contributed by atoms with van der Waals surface area (Å²) in [7, 11) is 0. The van der Waals surface area contributed by atoms with E-state index in [0.29, 0.717) is 5.92 Å². The second-order valence-electron chi connectivity index (χ2n) is 15.0. The van der Waals surface area contributed by atoms with Gasteiger partial charge in [0.05, 0.1) is 22.5 Å². The Morgan fingerprint density at radius 2 is 1.71 bits per heavy atom. The average Bonchev–Trinajstić information content (AvgIpc) is 3.65. The fourth-order valence-electron chi connectivity index (χ4n) is 8.33. The van der Waals surface area contributed by atoms with Crippen molar-refractivity contribution in [3.8, 4) is 11.1 Å². The predicted octanol–water partition coefficient (Wildman–Crippen LogP) is 14.0. The standard InChI is InChI=1S/C53H54N2/c1-5-7-11-21-40(4)53(52-28-18-19-35-54-52)38-46-32-31-44(36-48(46)47-26-16-17-27-49(47)53)45-33-34-50(55-51(37-45)43-24-12-8-9-13-25-43)42(20-6-2)30-29-39(3)41-22-14-10-15-23-41/h5,7,10,12,14-33,35-37,39H,6,8-9,11,13,34,38H2,1-4H3/b7-5-,30-29-,40-21+,42-20+/t39-,53?/m1/s1. The van der Waals surface area contributed by atoms with Crippen molar-refractivity contribution in [1.29, 1.82) is 0 Å². The summed E-state index contributed by atoms with van der Waals surface area (Å²) in [6.45, 7) is 8.87. The van der Waals surface area contributed by atoms with Gasteiger partial charge in [-0.2, -0.15) is 0 Å². The first kappa shape index (κ1) is 37.7. The average molecular weight is 719 g/mol. The number of pyridine rings is 1. The van der Waals surface area contributed by atoms with Crippen molar-refractivity contribution in [1.82, 2.24) is 4.98 Å². The Labute approximate surface area is 329 Å². The summed E-state index contributed by atoms with van der Waals surface area (Å²) in [6, 6.07) is 33.3. The smallest absolute Gasteiger partial charge is 0.0708 e. The number of aliphatic imine (C=N–C) groups is 1. The number of benzene rings is 3. The van der Waals surface area contributed by atoms with Gasteiger partial charge in [0.25, 0.3) is 0 Å². The Kier molecular flexibility index (Phi) is 12.1. The van der Waals surface area contributed by atoms with Crippen LogP contribution in [-0.2, 0) is 11.8 Å². The van der Waals surface area contributed by atoms with Gasteiger partial charge in [-0.1, -0.05) is 153 Å². The van der Waals surface area contributed by atoms with Gasteiger partial charge in [-0.05, 0) is 133 Å². The number of fused-ring (bicyclic) bond motifs is 3. The first-order chi connectivity index (χ1) is 27.0. The monoisotopic (exact) mass is 718 g/mol. The molecule has 0 fully saturated rings. The zero-order valence-corrected chi connectivity index (χ0v) is 33.0. The van der Waals surface area contributed by atoms with E-state index < -0.39 is 0 Å². The molecule has 2 aliphatic carbocycles. The maximum Gasteiger partial charge on any atom is 0.0708 e. The summed E-state index contributed by atoms with van der Waals surface area (Å²) in [5.74, 6) is 0.309. The minimum Gasteiger partial charge on any atom is -0.260 e. The second kappa shape index (κ2) is 17.7. The molecule has 2 atom stereocenters. The molecule has 0 bridgehead atoms. The maximum absolute atomic E-state index is 5.48. The van der Waals surface area contributed by atoms with Crippen molar-refractivity contribution >= 4 is 11.3 Å². The van der Waals surface area contributed by atoms with Crippen LogP contribution in [0.25, 0.3) is 16.7 Å². The Balaban J connectivity index is 1.30. The third-order valence-corrected chi connectivity index (χ3v) is 11.4. The highest BCUT2D eigenvalue weighted by atomic mass is 14.8. The Hall–Kier alpha value is -5.60. The van der Waals surface area contributed by atoms with E-state index in [1.165, 1.54) is 62.1 Å². The summed E-state index contributed by atoms with van der Waals surface area (Å²) < 4.78 is 0. The van der Waals surface area contributed by atoms with Crippen LogP contribution in [0.5, 0.6) is 0 Å². The van der Waals surface area contributed by atoms with E-state index in [4.69, 9.17) is 9.98 Å². The number of aromatic nitrogens is 1. The number of rotatable bonds is 11. The maximum atomic E-state index is 5.48. The van der Waals surface area contributed by atoms with Crippen LogP contribution in [0, 0.1) is 0 Å². The van der Waals surface area contributed by atoms with Gasteiger partial charge in [-0.25, -0.2) is 0 Å². The Bertz CT molecular complexity index is 2270. The molecule has 55 heavy (non-hydrogen) atoms. The van der Waals surface area contributed by atoms with Crippen molar-refractivity contribution in [3.05, 3.63) is 214 Å². The third kappa shape index (κ3) is 8.25. The van der Waals surface area contributed by atoms with Crippen molar-refractivity contribution in [2.75, 3.05) is 0 Å². The normalized spacial score (nSPS) is 19.5. The van der Waals surface area contributed by atoms with Crippen LogP contribution in [0.2, 0.25) is 0 Å². The molecule has 0 amide bonds. The topological polar surface area (TPSA) is 25.2 Å². The minimum atomic E-state index is -0.350. The minimum absolute atomic E-state index is 0.309. The SMILES string of the molecule is C/C=C\C/C=C(\C)C1(c2ccccn2)Cc2ccc(C3=CCC(C(/C=C\[C@@H](C)c4ccccc4)=C/CC)=NC(C4=CCCCC=C4)=C3)cc2-c2ccccc21. The first-order valence-electron chi connectivity index (χ1n) is 20.2. The molecule has 2 heterocycles. The molecule has 0 N–H and O–H groups in total. The zero-order valence-electron chi connectivity index (χ0n) is 33.0. The Morgan fingerprint density at radius 1 is 0.873 bits per heavy atom. The molecule has 0 saturated carbocycles. The van der Waals surface area contributed by atoms with Crippen LogP contribution in [-0.4, -0.2) is 10.7 Å². The molecule has 2 nitrogen and oxygen atoms in total. The van der Waals surface area contributed by atoms with E-state index in [1.54, 1.807) is 0 Å². The van der Waals surface area contributed by atoms with E-state index in [-0.39, 0.29) is 5.41 Å². The van der Waals surface area contributed by atoms with Gasteiger partial charge in [0.1, 0.15) is 0 Å². The Morgan fingerprint density at radius 3 is 2.53 bits per heavy atom. The lowest BCUT2D eigenvalue weighted by Gasteiger charge is -2.41. The van der Waals surface area contributed by atoms with Gasteiger partial charge in [0, 0.05) is 12.6 Å². The van der Waals surface area contributed by atoms with E-state index in [0.717, 1.165) is 55.6 Å². The fraction of sp³-hybridized carbons (Fsp3) is 0.245. The second-order valence-corrected chi connectivity index (χ2v) is 15.0. The van der Waals surface area contributed by atoms with E-state index >= 15 is 0 Å². The molecule has 3 aliphatic rings. The van der Waals surface area contributed by atoms with Gasteiger partial charge in [0.15, 0.2) is 0 Å². The molecular weight excluding hydrogens is 665 g/mol. The van der Waals surface area contributed by atoms with Crippen LogP contribution < -0.4 is 0 Å². The largest absolute Gasteiger partial charge is 0.260 e. The number of hydrogen-bond acceptors (Lipinski definition) is 2. The lowest BCUT2D eigenvalue weighted by atomic mass is 9.62. The van der Waals surface area contributed by atoms with Gasteiger partial charge < -0.3 is 0 Å². The van der Waals surface area contributed by atoms with Gasteiger partial charge >= 0.3 is 0 Å². The van der Waals surface area contributed by atoms with Crippen LogP contribution in [0.1, 0.15) is 100 Å². The third-order valence-electron chi connectivity index (χ3n) is 11.4. The van der Waals surface area contributed by atoms with E-state index in [9.17, 15) is 0 Å². The highest BCUT2D eigenvalue weighted by Crippen LogP contribution is 2.51. The number of nitrogens with zero attached hydrogens (tertiary/aromatic N) is 2. The predicted molar refractivity (Wildman–Crippen MR) is 235 cm³/mol. The molecule has 1 aromatic heterocycles. The highest BCUT2D eigenvalue weighted by Gasteiger charge is 2.42. The zero-order chi connectivity index (χ0) is 38.0. The van der Waals surface area contributed by atoms with Crippen molar-refractivity contribution in [2.45, 2.75) is 84.0 Å². The quantitative estimate of drug-likeness (QED) is 0.112. The summed E-state index contributed by atoms with van der Waals surface area (Å²) in [4.78, 5) is 10.5. The van der Waals surface area contributed by atoms with E-state index in [1.807, 2.05) is 12.3 Å². The molecule has 276 valence electrons. The molecule has 0 radical (unpaired) electrons.